The van der Waals surface area contributed by atoms with Crippen LogP contribution >= 0.6 is 17.9 Å². The van der Waals surface area contributed by atoms with Gasteiger partial charge < -0.3 is 0 Å². The van der Waals surface area contributed by atoms with E-state index < -0.39 is 6.62 Å². The SMILES string of the molecule is Cl[P+]1(c2ccccc2)C=C1. The standard InChI is InChI=1S/C8H7ClP/c9-10(6-7-10)8-4-2-1-3-5-8/h1-7H/q+1. The highest BCUT2D eigenvalue weighted by Gasteiger charge is 2.45. The lowest BCUT2D eigenvalue weighted by Gasteiger charge is -1.94. The highest BCUT2D eigenvalue weighted by atomic mass is 35.7. The van der Waals surface area contributed by atoms with Gasteiger partial charge in [0.15, 0.2) is 0 Å². The Labute approximate surface area is 65.6 Å². The monoisotopic (exact) mass is 169 g/mol. The third-order valence-corrected chi connectivity index (χ3v) is 4.74. The van der Waals surface area contributed by atoms with Crippen LogP contribution in [0.15, 0.2) is 42.0 Å². The Hall–Kier alpha value is -0.320. The number of hydrogen-bond donors (Lipinski definition) is 0. The van der Waals surface area contributed by atoms with Crippen molar-refractivity contribution in [3.8, 4) is 0 Å². The molecule has 0 nitrogen and oxygen atoms in total. The first kappa shape index (κ1) is 6.39. The Balaban J connectivity index is 2.36. The molecule has 0 unspecified atom stereocenters. The molecule has 1 aromatic rings. The minimum absolute atomic E-state index is 1.27. The lowest BCUT2D eigenvalue weighted by molar-refractivity contribution is 1.78. The Kier molecular flexibility index (Phi) is 1.33. The van der Waals surface area contributed by atoms with Gasteiger partial charge in [-0.2, -0.15) is 0 Å². The first-order valence-electron chi connectivity index (χ1n) is 3.15. The van der Waals surface area contributed by atoms with Gasteiger partial charge in [0.2, 0.25) is 6.62 Å². The van der Waals surface area contributed by atoms with E-state index in [2.05, 4.69) is 23.8 Å². The summed E-state index contributed by atoms with van der Waals surface area (Å²) in [5.41, 5.74) is 0. The minimum Gasteiger partial charge on any atom is -0.0620 e. The van der Waals surface area contributed by atoms with Crippen molar-refractivity contribution in [2.24, 2.45) is 0 Å². The zero-order chi connectivity index (χ0) is 7.03. The fourth-order valence-corrected chi connectivity index (χ4v) is 3.12. The normalized spacial score (nSPS) is 18.9. The van der Waals surface area contributed by atoms with Crippen LogP contribution in [0.25, 0.3) is 0 Å². The van der Waals surface area contributed by atoms with Crippen molar-refractivity contribution >= 4 is 23.2 Å². The van der Waals surface area contributed by atoms with E-state index in [0.717, 1.165) is 0 Å². The van der Waals surface area contributed by atoms with E-state index in [1.165, 1.54) is 5.30 Å². The molecule has 0 aliphatic carbocycles. The fourth-order valence-electron chi connectivity index (χ4n) is 0.887. The molecular weight excluding hydrogens is 163 g/mol. The van der Waals surface area contributed by atoms with Crippen molar-refractivity contribution in [3.63, 3.8) is 0 Å². The summed E-state index contributed by atoms with van der Waals surface area (Å²) in [6, 6.07) is 10.2. The predicted molar refractivity (Wildman–Crippen MR) is 48.0 cm³/mol. The highest BCUT2D eigenvalue weighted by Crippen LogP contribution is 2.77. The molecule has 1 heterocycles. The predicted octanol–water partition coefficient (Wildman–Crippen LogP) is 2.97. The quantitative estimate of drug-likeness (QED) is 0.567. The second-order valence-corrected chi connectivity index (χ2v) is 6.49. The molecule has 2 heteroatoms. The summed E-state index contributed by atoms with van der Waals surface area (Å²) in [6.45, 7) is -1.30. The van der Waals surface area contributed by atoms with Crippen LogP contribution in [0.1, 0.15) is 0 Å². The molecule has 2 rings (SSSR count). The van der Waals surface area contributed by atoms with E-state index in [9.17, 15) is 0 Å². The fraction of sp³-hybridized carbons (Fsp3) is 0. The van der Waals surface area contributed by atoms with Gasteiger partial charge >= 0.3 is 0 Å². The summed E-state index contributed by atoms with van der Waals surface area (Å²) in [4.78, 5) is 0. The van der Waals surface area contributed by atoms with Crippen molar-refractivity contribution in [1.82, 2.24) is 0 Å². The zero-order valence-electron chi connectivity index (χ0n) is 5.37. The van der Waals surface area contributed by atoms with Gasteiger partial charge in [0, 0.05) is 0 Å². The van der Waals surface area contributed by atoms with Gasteiger partial charge in [-0.1, -0.05) is 18.2 Å². The molecule has 10 heavy (non-hydrogen) atoms. The Morgan fingerprint density at radius 1 is 1.00 bits per heavy atom. The average Bonchev–Trinajstić information content (AvgIpc) is 2.72. The van der Waals surface area contributed by atoms with Gasteiger partial charge in [0.1, 0.15) is 28.2 Å². The topological polar surface area (TPSA) is 0 Å². The smallest absolute Gasteiger partial charge is 0.0620 e. The van der Waals surface area contributed by atoms with E-state index in [1.54, 1.807) is 0 Å². The molecule has 0 radical (unpaired) electrons. The second kappa shape index (κ2) is 2.08. The molecule has 0 aromatic heterocycles. The number of hydrogen-bond acceptors (Lipinski definition) is 0. The van der Waals surface area contributed by atoms with Crippen LogP contribution in [-0.4, -0.2) is 0 Å². The van der Waals surface area contributed by atoms with Crippen molar-refractivity contribution in [1.29, 1.82) is 0 Å². The molecule has 1 aromatic carbocycles. The molecule has 0 spiro atoms. The van der Waals surface area contributed by atoms with Gasteiger partial charge in [-0.05, 0) is 12.1 Å². The molecule has 0 N–H and O–H groups in total. The first-order chi connectivity index (χ1) is 4.81. The van der Waals surface area contributed by atoms with E-state index in [4.69, 9.17) is 11.2 Å². The molecule has 0 atom stereocenters. The zero-order valence-corrected chi connectivity index (χ0v) is 7.02. The van der Waals surface area contributed by atoms with Crippen LogP contribution < -0.4 is 5.30 Å². The molecule has 1 aliphatic rings. The highest BCUT2D eigenvalue weighted by molar-refractivity contribution is 8.13. The maximum Gasteiger partial charge on any atom is 0.202 e. The van der Waals surface area contributed by atoms with Crippen LogP contribution in [-0.2, 0) is 0 Å². The average molecular weight is 170 g/mol. The summed E-state index contributed by atoms with van der Waals surface area (Å²) in [5.74, 6) is 4.20. The van der Waals surface area contributed by atoms with Gasteiger partial charge in [-0.15, -0.1) is 0 Å². The summed E-state index contributed by atoms with van der Waals surface area (Å²) < 4.78 is 0. The molecular formula is C8H7ClP+. The Bertz CT molecular complexity index is 260. The van der Waals surface area contributed by atoms with Gasteiger partial charge in [-0.25, -0.2) is 0 Å². The van der Waals surface area contributed by atoms with Crippen LogP contribution in [0.5, 0.6) is 0 Å². The summed E-state index contributed by atoms with van der Waals surface area (Å²) in [5, 5.41) is 1.27. The van der Waals surface area contributed by atoms with Crippen molar-refractivity contribution in [2.45, 2.75) is 0 Å². The lowest BCUT2D eigenvalue weighted by Crippen LogP contribution is -1.94. The van der Waals surface area contributed by atoms with Crippen molar-refractivity contribution in [3.05, 3.63) is 42.0 Å². The second-order valence-electron chi connectivity index (χ2n) is 2.32. The van der Waals surface area contributed by atoms with Crippen LogP contribution in [0.3, 0.4) is 0 Å². The first-order valence-corrected chi connectivity index (χ1v) is 5.99. The molecule has 0 fully saturated rings. The molecule has 1 aliphatic heterocycles. The van der Waals surface area contributed by atoms with E-state index in [1.807, 2.05) is 18.2 Å². The molecule has 0 saturated carbocycles. The van der Waals surface area contributed by atoms with Crippen molar-refractivity contribution in [2.75, 3.05) is 0 Å². The van der Waals surface area contributed by atoms with Crippen LogP contribution in [0.2, 0.25) is 0 Å². The molecule has 50 valence electrons. The Morgan fingerprint density at radius 3 is 2.10 bits per heavy atom. The third kappa shape index (κ3) is 0.982. The van der Waals surface area contributed by atoms with E-state index in [-0.39, 0.29) is 0 Å². The van der Waals surface area contributed by atoms with E-state index in [0.29, 0.717) is 0 Å². The molecule has 0 bridgehead atoms. The van der Waals surface area contributed by atoms with Crippen molar-refractivity contribution < 1.29 is 0 Å². The Morgan fingerprint density at radius 2 is 1.60 bits per heavy atom. The summed E-state index contributed by atoms with van der Waals surface area (Å²) in [6.07, 6.45) is 0. The minimum atomic E-state index is -1.30. The summed E-state index contributed by atoms with van der Waals surface area (Å²) in [7, 11) is 0. The van der Waals surface area contributed by atoms with E-state index >= 15 is 0 Å². The lowest BCUT2D eigenvalue weighted by atomic mass is 10.4. The molecule has 0 saturated heterocycles. The maximum atomic E-state index is 6.17. The third-order valence-electron chi connectivity index (χ3n) is 1.56. The van der Waals surface area contributed by atoms with Gasteiger partial charge in [0.05, 0.1) is 0 Å². The van der Waals surface area contributed by atoms with Crippen LogP contribution in [0, 0.1) is 0 Å². The maximum absolute atomic E-state index is 6.17. The van der Waals surface area contributed by atoms with Gasteiger partial charge in [-0.3, -0.25) is 0 Å². The number of benzene rings is 1. The number of rotatable bonds is 1. The molecule has 0 amide bonds. The number of halogens is 1. The summed E-state index contributed by atoms with van der Waals surface area (Å²) >= 11 is 6.17. The van der Waals surface area contributed by atoms with Gasteiger partial charge in [0.25, 0.3) is 0 Å². The largest absolute Gasteiger partial charge is 0.202 e. The van der Waals surface area contributed by atoms with Crippen LogP contribution in [0.4, 0.5) is 0 Å².